The maximum absolute atomic E-state index is 12.6. The molecule has 2 fully saturated rings. The van der Waals surface area contributed by atoms with Crippen LogP contribution < -0.4 is 10.0 Å². The second kappa shape index (κ2) is 7.06. The number of aryl methyl sites for hydroxylation is 2. The number of amides is 2. The molecule has 1 atom stereocenters. The van der Waals surface area contributed by atoms with Crippen molar-refractivity contribution in [2.24, 2.45) is 0 Å². The first kappa shape index (κ1) is 16.9. The van der Waals surface area contributed by atoms with E-state index in [0.29, 0.717) is 6.04 Å². The number of anilines is 1. The Kier molecular flexibility index (Phi) is 4.59. The van der Waals surface area contributed by atoms with Gasteiger partial charge in [-0.1, -0.05) is 6.07 Å². The molecule has 0 bridgehead atoms. The lowest BCUT2D eigenvalue weighted by molar-refractivity contribution is 0.125. The molecular formula is C20H28N4OS. The van der Waals surface area contributed by atoms with Crippen molar-refractivity contribution in [2.45, 2.75) is 57.4 Å². The Morgan fingerprint density at radius 2 is 1.73 bits per heavy atom. The standard InChI is InChI=1S/C20H28N4OS/c25-20(22-26-24-11-8-16(13-24)23-9-3-10-23)21-19-17-6-1-4-14(17)12-15-5-2-7-18(15)19/h12,16H,1-11,13H2,(H2,21,22,25). The monoisotopic (exact) mass is 372 g/mol. The molecule has 4 aliphatic rings. The highest BCUT2D eigenvalue weighted by Gasteiger charge is 2.31. The molecule has 1 unspecified atom stereocenters. The van der Waals surface area contributed by atoms with Crippen molar-refractivity contribution in [1.82, 2.24) is 13.9 Å². The molecule has 2 aliphatic carbocycles. The van der Waals surface area contributed by atoms with E-state index >= 15 is 0 Å². The molecule has 0 saturated carbocycles. The van der Waals surface area contributed by atoms with Gasteiger partial charge >= 0.3 is 6.03 Å². The van der Waals surface area contributed by atoms with Crippen LogP contribution in [-0.2, 0) is 25.7 Å². The predicted octanol–water partition coefficient (Wildman–Crippen LogP) is 3.13. The fourth-order valence-corrected chi connectivity index (χ4v) is 5.72. The van der Waals surface area contributed by atoms with Crippen molar-refractivity contribution in [2.75, 3.05) is 31.5 Å². The largest absolute Gasteiger partial charge is 0.330 e. The molecule has 2 aliphatic heterocycles. The Bertz CT molecular complexity index is 686. The first-order valence-electron chi connectivity index (χ1n) is 10.2. The molecule has 2 N–H and O–H groups in total. The van der Waals surface area contributed by atoms with Gasteiger partial charge in [0, 0.05) is 37.0 Å². The molecule has 1 aromatic carbocycles. The molecule has 5 nitrogen and oxygen atoms in total. The first-order chi connectivity index (χ1) is 12.8. The third kappa shape index (κ3) is 3.12. The van der Waals surface area contributed by atoms with Crippen LogP contribution in [0, 0.1) is 0 Å². The third-order valence-electron chi connectivity index (χ3n) is 6.51. The third-order valence-corrected chi connectivity index (χ3v) is 7.38. The van der Waals surface area contributed by atoms with Gasteiger partial charge in [-0.3, -0.25) is 9.62 Å². The molecule has 140 valence electrons. The van der Waals surface area contributed by atoms with Crippen LogP contribution in [0.5, 0.6) is 0 Å². The highest BCUT2D eigenvalue weighted by molar-refractivity contribution is 7.95. The van der Waals surface area contributed by atoms with Crippen LogP contribution >= 0.6 is 12.1 Å². The van der Waals surface area contributed by atoms with Gasteiger partial charge in [0.25, 0.3) is 0 Å². The predicted molar refractivity (Wildman–Crippen MR) is 106 cm³/mol. The highest BCUT2D eigenvalue weighted by atomic mass is 32.2. The quantitative estimate of drug-likeness (QED) is 0.797. The minimum atomic E-state index is -0.0724. The van der Waals surface area contributed by atoms with Gasteiger partial charge < -0.3 is 5.32 Å². The second-order valence-corrected chi connectivity index (χ2v) is 9.00. The molecule has 6 heteroatoms. The van der Waals surface area contributed by atoms with Crippen molar-refractivity contribution in [1.29, 1.82) is 0 Å². The summed E-state index contributed by atoms with van der Waals surface area (Å²) >= 11 is 1.48. The summed E-state index contributed by atoms with van der Waals surface area (Å²) in [6, 6.07) is 3.02. The summed E-state index contributed by atoms with van der Waals surface area (Å²) in [5.74, 6) is 0. The summed E-state index contributed by atoms with van der Waals surface area (Å²) in [5.41, 5.74) is 6.84. The molecule has 2 heterocycles. The normalized spacial score (nSPS) is 25.0. The van der Waals surface area contributed by atoms with E-state index in [1.165, 1.54) is 86.0 Å². The van der Waals surface area contributed by atoms with E-state index in [0.717, 1.165) is 31.6 Å². The van der Waals surface area contributed by atoms with E-state index in [9.17, 15) is 4.79 Å². The van der Waals surface area contributed by atoms with Gasteiger partial charge in [0.2, 0.25) is 0 Å². The smallest absolute Gasteiger partial charge is 0.307 e. The number of rotatable bonds is 4. The summed E-state index contributed by atoms with van der Waals surface area (Å²) in [6.45, 7) is 4.62. The van der Waals surface area contributed by atoms with Crippen LogP contribution in [0.3, 0.4) is 0 Å². The van der Waals surface area contributed by atoms with Crippen molar-refractivity contribution >= 4 is 23.9 Å². The van der Waals surface area contributed by atoms with E-state index in [1.807, 2.05) is 0 Å². The molecule has 2 saturated heterocycles. The highest BCUT2D eigenvalue weighted by Crippen LogP contribution is 2.38. The van der Waals surface area contributed by atoms with Gasteiger partial charge in [-0.15, -0.1) is 0 Å². The summed E-state index contributed by atoms with van der Waals surface area (Å²) in [5, 5.41) is 3.21. The SMILES string of the molecule is O=C(NSN1CCC(N2CCC2)C1)Nc1c2c(cc3c1CCC3)CCC2. The number of likely N-dealkylation sites (tertiary alicyclic amines) is 1. The lowest BCUT2D eigenvalue weighted by Crippen LogP contribution is -2.46. The molecule has 1 aromatic rings. The van der Waals surface area contributed by atoms with Crippen molar-refractivity contribution in [3.05, 3.63) is 28.3 Å². The van der Waals surface area contributed by atoms with Crippen molar-refractivity contribution in [3.63, 3.8) is 0 Å². The van der Waals surface area contributed by atoms with E-state index in [2.05, 4.69) is 25.3 Å². The number of hydrogen-bond acceptors (Lipinski definition) is 4. The van der Waals surface area contributed by atoms with Crippen molar-refractivity contribution in [3.8, 4) is 0 Å². The second-order valence-electron chi connectivity index (χ2n) is 8.10. The molecule has 2 amide bonds. The Hall–Kier alpha value is -1.24. The number of nitrogens with zero attached hydrogens (tertiary/aromatic N) is 2. The van der Waals surface area contributed by atoms with E-state index in [-0.39, 0.29) is 6.03 Å². The number of hydrogen-bond donors (Lipinski definition) is 2. The van der Waals surface area contributed by atoms with Gasteiger partial charge in [0.1, 0.15) is 0 Å². The topological polar surface area (TPSA) is 47.6 Å². The maximum atomic E-state index is 12.6. The van der Waals surface area contributed by atoms with Crippen LogP contribution in [0.4, 0.5) is 10.5 Å². The van der Waals surface area contributed by atoms with E-state index in [4.69, 9.17) is 0 Å². The number of urea groups is 1. The van der Waals surface area contributed by atoms with Crippen LogP contribution in [-0.4, -0.2) is 47.5 Å². The maximum Gasteiger partial charge on any atom is 0.330 e. The number of nitrogens with one attached hydrogen (secondary N) is 2. The summed E-state index contributed by atoms with van der Waals surface area (Å²) in [6.07, 6.45) is 9.54. The zero-order chi connectivity index (χ0) is 17.5. The van der Waals surface area contributed by atoms with E-state index < -0.39 is 0 Å². The van der Waals surface area contributed by atoms with E-state index in [1.54, 1.807) is 0 Å². The number of benzene rings is 1. The Morgan fingerprint density at radius 1 is 1.00 bits per heavy atom. The average molecular weight is 373 g/mol. The van der Waals surface area contributed by atoms with Gasteiger partial charge in [-0.05, 0) is 86.7 Å². The summed E-state index contributed by atoms with van der Waals surface area (Å²) < 4.78 is 5.32. The zero-order valence-corrected chi connectivity index (χ0v) is 16.2. The Balaban J connectivity index is 1.20. The fourth-order valence-electron chi connectivity index (χ4n) is 5.01. The molecule has 5 rings (SSSR count). The number of fused-ring (bicyclic) bond motifs is 2. The molecule has 0 aromatic heterocycles. The van der Waals surface area contributed by atoms with Crippen LogP contribution in [0.25, 0.3) is 0 Å². The van der Waals surface area contributed by atoms with Crippen LogP contribution in [0.1, 0.15) is 47.9 Å². The molecular weight excluding hydrogens is 344 g/mol. The first-order valence-corrected chi connectivity index (χ1v) is 10.9. The minimum absolute atomic E-state index is 0.0724. The number of carbonyl (C=O) groups excluding carboxylic acids is 1. The summed E-state index contributed by atoms with van der Waals surface area (Å²) in [7, 11) is 0. The Morgan fingerprint density at radius 3 is 2.38 bits per heavy atom. The zero-order valence-electron chi connectivity index (χ0n) is 15.4. The average Bonchev–Trinajstić information content (AvgIpc) is 3.31. The molecule has 0 radical (unpaired) electrons. The van der Waals surface area contributed by atoms with Crippen molar-refractivity contribution < 1.29 is 4.79 Å². The van der Waals surface area contributed by atoms with Gasteiger partial charge in [-0.25, -0.2) is 9.10 Å². The summed E-state index contributed by atoms with van der Waals surface area (Å²) in [4.78, 5) is 15.1. The van der Waals surface area contributed by atoms with Gasteiger partial charge in [-0.2, -0.15) is 0 Å². The fraction of sp³-hybridized carbons (Fsp3) is 0.650. The Labute approximate surface area is 160 Å². The van der Waals surface area contributed by atoms with Crippen LogP contribution in [0.15, 0.2) is 6.07 Å². The lowest BCUT2D eigenvalue weighted by Gasteiger charge is -2.36. The lowest BCUT2D eigenvalue weighted by atomic mass is 9.99. The van der Waals surface area contributed by atoms with Gasteiger partial charge in [0.05, 0.1) is 0 Å². The van der Waals surface area contributed by atoms with Crippen LogP contribution in [0.2, 0.25) is 0 Å². The van der Waals surface area contributed by atoms with Gasteiger partial charge in [0.15, 0.2) is 0 Å². The molecule has 0 spiro atoms. The minimum Gasteiger partial charge on any atom is -0.307 e. The molecule has 26 heavy (non-hydrogen) atoms. The number of carbonyl (C=O) groups is 1.